The summed E-state index contributed by atoms with van der Waals surface area (Å²) in [5.74, 6) is -1.24. The Morgan fingerprint density at radius 3 is 2.52 bits per heavy atom. The first-order valence-electron chi connectivity index (χ1n) is 10.4. The third kappa shape index (κ3) is 5.28. The summed E-state index contributed by atoms with van der Waals surface area (Å²) in [4.78, 5) is 19.3. The number of halogens is 1. The molecule has 33 heavy (non-hydrogen) atoms. The summed E-state index contributed by atoms with van der Waals surface area (Å²) in [7, 11) is -3.73. The van der Waals surface area contributed by atoms with Crippen molar-refractivity contribution in [3.63, 3.8) is 0 Å². The Bertz CT molecular complexity index is 1360. The highest BCUT2D eigenvalue weighted by atomic mass is 32.2. The van der Waals surface area contributed by atoms with Gasteiger partial charge in [-0.15, -0.1) is 0 Å². The van der Waals surface area contributed by atoms with Crippen LogP contribution in [0.2, 0.25) is 0 Å². The topological polar surface area (TPSA) is 85.2 Å². The Labute approximate surface area is 195 Å². The van der Waals surface area contributed by atoms with E-state index in [2.05, 4.69) is 10.1 Å². The zero-order chi connectivity index (χ0) is 23.6. The van der Waals surface area contributed by atoms with Crippen LogP contribution in [0, 0.1) is 19.7 Å². The molecular weight excluding hydrogens is 463 g/mol. The van der Waals surface area contributed by atoms with Gasteiger partial charge >= 0.3 is 0 Å². The van der Waals surface area contributed by atoms with Gasteiger partial charge in [0.25, 0.3) is 0 Å². The molecule has 2 aromatic carbocycles. The van der Waals surface area contributed by atoms with E-state index >= 15 is 0 Å². The van der Waals surface area contributed by atoms with Gasteiger partial charge in [0, 0.05) is 18.7 Å². The summed E-state index contributed by atoms with van der Waals surface area (Å²) in [6.45, 7) is 4.60. The van der Waals surface area contributed by atoms with E-state index in [1.807, 2.05) is 48.9 Å². The Hall–Kier alpha value is -3.11. The number of hydrogen-bond acceptors (Lipinski definition) is 6. The van der Waals surface area contributed by atoms with Gasteiger partial charge < -0.3 is 0 Å². The van der Waals surface area contributed by atoms with Crippen LogP contribution >= 0.6 is 11.3 Å². The molecule has 0 unspecified atom stereocenters. The second-order valence-corrected chi connectivity index (χ2v) is 10.8. The van der Waals surface area contributed by atoms with E-state index in [4.69, 9.17) is 0 Å². The molecule has 2 heterocycles. The van der Waals surface area contributed by atoms with Crippen molar-refractivity contribution >= 4 is 42.4 Å². The van der Waals surface area contributed by atoms with Gasteiger partial charge in [-0.25, -0.2) is 17.8 Å². The number of carbonyl (C=O) groups excluding carboxylic acids is 1. The molecule has 1 amide bonds. The largest absolute Gasteiger partial charge is 0.286 e. The molecule has 0 radical (unpaired) electrons. The number of hydrogen-bond donors (Lipinski definition) is 0. The van der Waals surface area contributed by atoms with Gasteiger partial charge in [-0.05, 0) is 56.3 Å². The molecule has 4 rings (SSSR count). The fourth-order valence-corrected chi connectivity index (χ4v) is 5.75. The lowest BCUT2D eigenvalue weighted by molar-refractivity contribution is -0.118. The number of rotatable bonds is 8. The summed E-state index contributed by atoms with van der Waals surface area (Å²) in [6, 6.07) is 14.2. The number of sulfone groups is 1. The number of fused-ring (bicyclic) bond motifs is 1. The summed E-state index contributed by atoms with van der Waals surface area (Å²) >= 11 is 1.38. The van der Waals surface area contributed by atoms with E-state index in [0.717, 1.165) is 33.7 Å². The van der Waals surface area contributed by atoms with E-state index in [0.29, 0.717) is 18.2 Å². The van der Waals surface area contributed by atoms with Crippen LogP contribution in [0.15, 0.2) is 59.5 Å². The number of amides is 1. The average Bonchev–Trinajstić information content (AvgIpc) is 3.35. The Kier molecular flexibility index (Phi) is 6.57. The Morgan fingerprint density at radius 2 is 1.85 bits per heavy atom. The summed E-state index contributed by atoms with van der Waals surface area (Å²) in [5.41, 5.74) is 2.64. The quantitative estimate of drug-likeness (QED) is 0.350. The van der Waals surface area contributed by atoms with Gasteiger partial charge in [0.15, 0.2) is 15.0 Å². The molecule has 172 valence electrons. The van der Waals surface area contributed by atoms with E-state index in [-0.39, 0.29) is 23.0 Å². The van der Waals surface area contributed by atoms with Crippen LogP contribution in [-0.4, -0.2) is 41.4 Å². The zero-order valence-electron chi connectivity index (χ0n) is 18.2. The maximum absolute atomic E-state index is 13.2. The number of anilines is 1. The number of nitrogens with zero attached hydrogens (tertiary/aromatic N) is 4. The molecule has 0 saturated carbocycles. The van der Waals surface area contributed by atoms with Gasteiger partial charge in [-0.1, -0.05) is 23.5 Å². The van der Waals surface area contributed by atoms with Crippen LogP contribution in [0.4, 0.5) is 9.52 Å². The standard InChI is InChI=1S/C23H23FN4O3S2/c1-16-15-17(2)28(26-16)13-12-27(23-25-20-5-3-4-6-21(20)32-23)22(29)11-14-33(30,31)19-9-7-18(24)8-10-19/h3-10,15H,11-14H2,1-2H3. The van der Waals surface area contributed by atoms with Gasteiger partial charge in [0.1, 0.15) is 5.82 Å². The van der Waals surface area contributed by atoms with Gasteiger partial charge in [0.05, 0.1) is 33.1 Å². The molecule has 10 heteroatoms. The van der Waals surface area contributed by atoms with Crippen molar-refractivity contribution < 1.29 is 17.6 Å². The second-order valence-electron chi connectivity index (χ2n) is 7.68. The number of carbonyl (C=O) groups is 1. The van der Waals surface area contributed by atoms with Crippen LogP contribution in [0.25, 0.3) is 10.2 Å². The lowest BCUT2D eigenvalue weighted by Gasteiger charge is -2.20. The molecule has 4 aromatic rings. The molecule has 0 atom stereocenters. The first kappa shape index (κ1) is 23.1. The number of benzene rings is 2. The van der Waals surface area contributed by atoms with Gasteiger partial charge in [0.2, 0.25) is 5.91 Å². The predicted octanol–water partition coefficient (Wildman–Crippen LogP) is 4.15. The highest BCUT2D eigenvalue weighted by Crippen LogP contribution is 2.29. The monoisotopic (exact) mass is 486 g/mol. The van der Waals surface area contributed by atoms with Crippen LogP contribution in [0.1, 0.15) is 17.8 Å². The van der Waals surface area contributed by atoms with Crippen molar-refractivity contribution in [2.24, 2.45) is 0 Å². The molecule has 0 aliphatic rings. The molecule has 0 aliphatic carbocycles. The van der Waals surface area contributed by atoms with Crippen LogP contribution in [0.3, 0.4) is 0 Å². The SMILES string of the molecule is Cc1cc(C)n(CCN(C(=O)CCS(=O)(=O)c2ccc(F)cc2)c2nc3ccccc3s2)n1. The molecule has 0 saturated heterocycles. The van der Waals surface area contributed by atoms with Crippen molar-refractivity contribution in [1.29, 1.82) is 0 Å². The zero-order valence-corrected chi connectivity index (χ0v) is 19.9. The Morgan fingerprint density at radius 1 is 1.12 bits per heavy atom. The number of aromatic nitrogens is 3. The molecular formula is C23H23FN4O3S2. The molecule has 0 fully saturated rings. The van der Waals surface area contributed by atoms with Crippen molar-refractivity contribution in [3.8, 4) is 0 Å². The fourth-order valence-electron chi connectivity index (χ4n) is 3.51. The second kappa shape index (κ2) is 9.40. The highest BCUT2D eigenvalue weighted by molar-refractivity contribution is 7.91. The first-order valence-corrected chi connectivity index (χ1v) is 12.8. The van der Waals surface area contributed by atoms with E-state index in [1.165, 1.54) is 28.4 Å². The van der Waals surface area contributed by atoms with Crippen molar-refractivity contribution in [2.75, 3.05) is 17.2 Å². The molecule has 0 aliphatic heterocycles. The maximum atomic E-state index is 13.2. The minimum absolute atomic E-state index is 0.00845. The summed E-state index contributed by atoms with van der Waals surface area (Å²) in [6.07, 6.45) is -0.216. The van der Waals surface area contributed by atoms with E-state index in [9.17, 15) is 17.6 Å². The lowest BCUT2D eigenvalue weighted by Crippen LogP contribution is -2.35. The third-order valence-electron chi connectivity index (χ3n) is 5.21. The molecule has 2 aromatic heterocycles. The highest BCUT2D eigenvalue weighted by Gasteiger charge is 2.23. The third-order valence-corrected chi connectivity index (χ3v) is 8.00. The fraction of sp³-hybridized carbons (Fsp3) is 0.261. The molecule has 7 nitrogen and oxygen atoms in total. The van der Waals surface area contributed by atoms with Crippen molar-refractivity contribution in [2.45, 2.75) is 31.7 Å². The number of thiazole rings is 1. The molecule has 0 bridgehead atoms. The van der Waals surface area contributed by atoms with Crippen LogP contribution in [0.5, 0.6) is 0 Å². The maximum Gasteiger partial charge on any atom is 0.229 e. The summed E-state index contributed by atoms with van der Waals surface area (Å²) < 4.78 is 41.2. The minimum Gasteiger partial charge on any atom is -0.286 e. The predicted molar refractivity (Wildman–Crippen MR) is 127 cm³/mol. The summed E-state index contributed by atoms with van der Waals surface area (Å²) in [5, 5.41) is 4.96. The van der Waals surface area contributed by atoms with Crippen LogP contribution in [-0.2, 0) is 21.2 Å². The first-order chi connectivity index (χ1) is 15.7. The normalized spacial score (nSPS) is 11.7. The number of aryl methyl sites for hydroxylation is 2. The average molecular weight is 487 g/mol. The van der Waals surface area contributed by atoms with E-state index in [1.54, 1.807) is 0 Å². The Balaban J connectivity index is 1.55. The smallest absolute Gasteiger partial charge is 0.229 e. The van der Waals surface area contributed by atoms with Crippen LogP contribution < -0.4 is 4.90 Å². The van der Waals surface area contributed by atoms with Gasteiger partial charge in [-0.3, -0.25) is 14.4 Å². The number of para-hydroxylation sites is 1. The van der Waals surface area contributed by atoms with Gasteiger partial charge in [-0.2, -0.15) is 5.10 Å². The molecule has 0 N–H and O–H groups in total. The minimum atomic E-state index is -3.73. The van der Waals surface area contributed by atoms with Crippen molar-refractivity contribution in [3.05, 3.63) is 71.8 Å². The van der Waals surface area contributed by atoms with Crippen molar-refractivity contribution in [1.82, 2.24) is 14.8 Å². The van der Waals surface area contributed by atoms with E-state index < -0.39 is 15.7 Å². The lowest BCUT2D eigenvalue weighted by atomic mass is 10.3. The molecule has 0 spiro atoms.